The van der Waals surface area contributed by atoms with Crippen molar-refractivity contribution in [1.82, 2.24) is 5.32 Å². The lowest BCUT2D eigenvalue weighted by Gasteiger charge is -2.09. The number of rotatable bonds is 6. The lowest BCUT2D eigenvalue weighted by Crippen LogP contribution is -2.28. The fourth-order valence-electron chi connectivity index (χ4n) is 1.75. The first-order valence-electron chi connectivity index (χ1n) is 6.56. The van der Waals surface area contributed by atoms with Crippen molar-refractivity contribution >= 4 is 29.1 Å². The molecule has 6 heteroatoms. The van der Waals surface area contributed by atoms with Gasteiger partial charge in [-0.25, -0.2) is 0 Å². The van der Waals surface area contributed by atoms with Gasteiger partial charge in [-0.15, -0.1) is 0 Å². The second-order valence-corrected chi connectivity index (χ2v) is 5.32. The van der Waals surface area contributed by atoms with Crippen molar-refractivity contribution in [2.24, 2.45) is 0 Å². The van der Waals surface area contributed by atoms with Gasteiger partial charge in [0, 0.05) is 22.7 Å². The lowest BCUT2D eigenvalue weighted by atomic mass is 10.2. The van der Waals surface area contributed by atoms with E-state index in [1.165, 1.54) is 0 Å². The Labute approximate surface area is 138 Å². The van der Waals surface area contributed by atoms with Crippen LogP contribution in [-0.4, -0.2) is 19.6 Å². The molecule has 0 aliphatic rings. The van der Waals surface area contributed by atoms with Crippen molar-refractivity contribution < 1.29 is 14.3 Å². The first-order valence-corrected chi connectivity index (χ1v) is 7.31. The van der Waals surface area contributed by atoms with E-state index in [0.717, 1.165) is 5.56 Å². The van der Waals surface area contributed by atoms with Gasteiger partial charge in [0.2, 0.25) is 0 Å². The third-order valence-corrected chi connectivity index (χ3v) is 3.49. The number of hydrogen-bond acceptors (Lipinski definition) is 3. The third kappa shape index (κ3) is 4.83. The van der Waals surface area contributed by atoms with Gasteiger partial charge in [0.05, 0.1) is 7.11 Å². The number of halogens is 2. The molecule has 0 aliphatic heterocycles. The monoisotopic (exact) mass is 339 g/mol. The fourth-order valence-corrected chi connectivity index (χ4v) is 2.23. The Bertz CT molecular complexity index is 662. The van der Waals surface area contributed by atoms with Gasteiger partial charge in [-0.05, 0) is 29.8 Å². The van der Waals surface area contributed by atoms with Gasteiger partial charge in [-0.2, -0.15) is 0 Å². The van der Waals surface area contributed by atoms with E-state index >= 15 is 0 Å². The third-order valence-electron chi connectivity index (χ3n) is 2.90. The minimum Gasteiger partial charge on any atom is -0.497 e. The summed E-state index contributed by atoms with van der Waals surface area (Å²) in [5, 5.41) is 3.81. The molecule has 22 heavy (non-hydrogen) atoms. The molecule has 0 saturated carbocycles. The minimum atomic E-state index is -0.242. The van der Waals surface area contributed by atoms with Crippen LogP contribution in [0.5, 0.6) is 11.5 Å². The molecule has 0 saturated heterocycles. The lowest BCUT2D eigenvalue weighted by molar-refractivity contribution is -0.123. The Hall–Kier alpha value is -1.91. The van der Waals surface area contributed by atoms with Gasteiger partial charge >= 0.3 is 0 Å². The molecule has 2 rings (SSSR count). The molecule has 116 valence electrons. The van der Waals surface area contributed by atoms with Gasteiger partial charge in [0.1, 0.15) is 11.5 Å². The quantitative estimate of drug-likeness (QED) is 0.872. The smallest absolute Gasteiger partial charge is 0.258 e. The van der Waals surface area contributed by atoms with E-state index in [9.17, 15) is 4.79 Å². The molecular formula is C16H15Cl2NO3. The van der Waals surface area contributed by atoms with Gasteiger partial charge in [-0.1, -0.05) is 35.3 Å². The molecule has 0 aromatic heterocycles. The molecule has 2 aromatic carbocycles. The summed E-state index contributed by atoms with van der Waals surface area (Å²) in [7, 11) is 1.57. The van der Waals surface area contributed by atoms with Crippen molar-refractivity contribution in [3.63, 3.8) is 0 Å². The van der Waals surface area contributed by atoms with Crippen LogP contribution >= 0.6 is 23.2 Å². The first kappa shape index (κ1) is 16.5. The summed E-state index contributed by atoms with van der Waals surface area (Å²) < 4.78 is 10.5. The number of hydrogen-bond donors (Lipinski definition) is 1. The second-order valence-electron chi connectivity index (χ2n) is 4.48. The summed E-state index contributed by atoms with van der Waals surface area (Å²) in [4.78, 5) is 11.8. The van der Waals surface area contributed by atoms with Crippen LogP contribution in [0.25, 0.3) is 0 Å². The predicted molar refractivity (Wildman–Crippen MR) is 86.8 cm³/mol. The van der Waals surface area contributed by atoms with Crippen LogP contribution in [0.3, 0.4) is 0 Å². The van der Waals surface area contributed by atoms with Crippen LogP contribution in [0.15, 0.2) is 42.5 Å². The molecule has 0 unspecified atom stereocenters. The molecule has 0 radical (unpaired) electrons. The number of ether oxygens (including phenoxy) is 2. The van der Waals surface area contributed by atoms with E-state index in [-0.39, 0.29) is 12.5 Å². The first-order chi connectivity index (χ1) is 10.6. The highest BCUT2D eigenvalue weighted by Crippen LogP contribution is 2.21. The number of amides is 1. The second kappa shape index (κ2) is 7.92. The zero-order valence-electron chi connectivity index (χ0n) is 11.9. The molecule has 0 aliphatic carbocycles. The van der Waals surface area contributed by atoms with E-state index in [4.69, 9.17) is 32.7 Å². The van der Waals surface area contributed by atoms with Crippen LogP contribution in [0.2, 0.25) is 10.0 Å². The van der Waals surface area contributed by atoms with Gasteiger partial charge < -0.3 is 14.8 Å². The van der Waals surface area contributed by atoms with Gasteiger partial charge in [0.25, 0.3) is 5.91 Å². The summed E-state index contributed by atoms with van der Waals surface area (Å²) in [6.07, 6.45) is 0. The molecule has 0 fully saturated rings. The van der Waals surface area contributed by atoms with E-state index in [2.05, 4.69) is 5.32 Å². The highest BCUT2D eigenvalue weighted by Gasteiger charge is 2.06. The highest BCUT2D eigenvalue weighted by atomic mass is 35.5. The summed E-state index contributed by atoms with van der Waals surface area (Å²) in [6.45, 7) is 0.231. The van der Waals surface area contributed by atoms with E-state index in [0.29, 0.717) is 28.1 Å². The summed E-state index contributed by atoms with van der Waals surface area (Å²) in [6, 6.07) is 12.2. The van der Waals surface area contributed by atoms with Crippen molar-refractivity contribution in [3.05, 3.63) is 58.1 Å². The maximum absolute atomic E-state index is 11.8. The van der Waals surface area contributed by atoms with Crippen molar-refractivity contribution in [1.29, 1.82) is 0 Å². The zero-order chi connectivity index (χ0) is 15.9. The maximum Gasteiger partial charge on any atom is 0.258 e. The van der Waals surface area contributed by atoms with Crippen molar-refractivity contribution in [3.8, 4) is 11.5 Å². The van der Waals surface area contributed by atoms with E-state index in [1.807, 2.05) is 0 Å². The molecule has 1 amide bonds. The van der Waals surface area contributed by atoms with Crippen LogP contribution in [0, 0.1) is 0 Å². The predicted octanol–water partition coefficient (Wildman–Crippen LogP) is 3.70. The molecule has 0 heterocycles. The molecule has 0 spiro atoms. The van der Waals surface area contributed by atoms with Crippen LogP contribution in [0.1, 0.15) is 5.56 Å². The van der Waals surface area contributed by atoms with Gasteiger partial charge in [0.15, 0.2) is 6.61 Å². The summed E-state index contributed by atoms with van der Waals surface area (Å²) >= 11 is 11.9. The molecular weight excluding hydrogens is 325 g/mol. The number of carbonyl (C=O) groups excluding carboxylic acids is 1. The molecule has 0 bridgehead atoms. The number of methoxy groups -OCH3 is 1. The normalized spacial score (nSPS) is 10.1. The van der Waals surface area contributed by atoms with Crippen LogP contribution < -0.4 is 14.8 Å². The largest absolute Gasteiger partial charge is 0.497 e. The summed E-state index contributed by atoms with van der Waals surface area (Å²) in [5.74, 6) is 0.999. The SMILES string of the molecule is COc1cccc(OCC(=O)NCc2ccc(Cl)cc2Cl)c1. The minimum absolute atomic E-state index is 0.0849. The van der Waals surface area contributed by atoms with Crippen molar-refractivity contribution in [2.75, 3.05) is 13.7 Å². The Balaban J connectivity index is 1.82. The van der Waals surface area contributed by atoms with Gasteiger partial charge in [-0.3, -0.25) is 4.79 Å². The fraction of sp³-hybridized carbons (Fsp3) is 0.188. The summed E-state index contributed by atoms with van der Waals surface area (Å²) in [5.41, 5.74) is 0.792. The Morgan fingerprint density at radius 2 is 1.91 bits per heavy atom. The molecule has 2 aromatic rings. The number of nitrogens with one attached hydrogen (secondary N) is 1. The Morgan fingerprint density at radius 1 is 1.14 bits per heavy atom. The van der Waals surface area contributed by atoms with E-state index < -0.39 is 0 Å². The van der Waals surface area contributed by atoms with E-state index in [1.54, 1.807) is 49.6 Å². The number of benzene rings is 2. The zero-order valence-corrected chi connectivity index (χ0v) is 13.4. The van der Waals surface area contributed by atoms with Crippen LogP contribution in [-0.2, 0) is 11.3 Å². The highest BCUT2D eigenvalue weighted by molar-refractivity contribution is 6.35. The average molecular weight is 340 g/mol. The van der Waals surface area contributed by atoms with Crippen molar-refractivity contribution in [2.45, 2.75) is 6.54 Å². The Kier molecular flexibility index (Phi) is 5.92. The van der Waals surface area contributed by atoms with Crippen LogP contribution in [0.4, 0.5) is 0 Å². The topological polar surface area (TPSA) is 47.6 Å². The number of carbonyl (C=O) groups is 1. The molecule has 0 atom stereocenters. The standard InChI is InChI=1S/C16H15Cl2NO3/c1-21-13-3-2-4-14(8-13)22-10-16(20)19-9-11-5-6-12(17)7-15(11)18/h2-8H,9-10H2,1H3,(H,19,20). The maximum atomic E-state index is 11.8. The Morgan fingerprint density at radius 3 is 2.64 bits per heavy atom. The molecule has 1 N–H and O–H groups in total. The average Bonchev–Trinajstić information content (AvgIpc) is 2.52. The molecule has 4 nitrogen and oxygen atoms in total.